The van der Waals surface area contributed by atoms with Gasteiger partial charge in [0.15, 0.2) is 0 Å². The molecule has 0 aromatic heterocycles. The molecule has 21 heavy (non-hydrogen) atoms. The molecule has 0 fully saturated rings. The Bertz CT molecular complexity index is 387. The van der Waals surface area contributed by atoms with Crippen molar-refractivity contribution >= 4 is 5.91 Å². The number of rotatable bonds is 11. The molecule has 0 saturated carbocycles. The Hall–Kier alpha value is -1.47. The van der Waals surface area contributed by atoms with Gasteiger partial charge in [0.05, 0.1) is 32.5 Å². The highest BCUT2D eigenvalue weighted by Gasteiger charge is 2.06. The second kappa shape index (κ2) is 11.2. The number of aliphatic hydroxyl groups excluding tert-OH is 1. The average Bonchev–Trinajstić information content (AvgIpc) is 2.48. The number of carbonyl (C=O) groups excluding carboxylic acids is 1. The second-order valence-corrected chi connectivity index (χ2v) is 4.63. The maximum absolute atomic E-state index is 11.4. The average molecular weight is 296 g/mol. The van der Waals surface area contributed by atoms with Crippen LogP contribution in [0, 0.1) is 0 Å². The first kappa shape index (κ1) is 17.6. The molecule has 0 heterocycles. The van der Waals surface area contributed by atoms with E-state index in [1.165, 1.54) is 0 Å². The third-order valence-corrected chi connectivity index (χ3v) is 2.72. The van der Waals surface area contributed by atoms with E-state index in [2.05, 4.69) is 10.6 Å². The SMILES string of the molecule is COCCNC(=O)CNCC(O)COCc1ccccc1. The van der Waals surface area contributed by atoms with Crippen LogP contribution in [0.4, 0.5) is 0 Å². The van der Waals surface area contributed by atoms with Gasteiger partial charge in [0.2, 0.25) is 5.91 Å². The predicted molar refractivity (Wildman–Crippen MR) is 79.9 cm³/mol. The summed E-state index contributed by atoms with van der Waals surface area (Å²) in [5.41, 5.74) is 1.06. The van der Waals surface area contributed by atoms with E-state index < -0.39 is 6.10 Å². The lowest BCUT2D eigenvalue weighted by Gasteiger charge is -2.12. The summed E-state index contributed by atoms with van der Waals surface area (Å²) in [6.07, 6.45) is -0.638. The zero-order valence-electron chi connectivity index (χ0n) is 12.4. The highest BCUT2D eigenvalue weighted by atomic mass is 16.5. The molecule has 1 amide bonds. The van der Waals surface area contributed by atoms with Crippen molar-refractivity contribution in [2.75, 3.05) is 40.0 Å². The topological polar surface area (TPSA) is 79.8 Å². The van der Waals surface area contributed by atoms with Crippen LogP contribution in [-0.2, 0) is 20.9 Å². The molecule has 1 atom stereocenters. The molecule has 0 aliphatic carbocycles. The van der Waals surface area contributed by atoms with E-state index in [1.807, 2.05) is 30.3 Å². The number of nitrogens with one attached hydrogen (secondary N) is 2. The fraction of sp³-hybridized carbons (Fsp3) is 0.533. The van der Waals surface area contributed by atoms with E-state index in [0.717, 1.165) is 5.56 Å². The molecule has 118 valence electrons. The lowest BCUT2D eigenvalue weighted by molar-refractivity contribution is -0.120. The number of hydrogen-bond donors (Lipinski definition) is 3. The van der Waals surface area contributed by atoms with Crippen molar-refractivity contribution in [3.8, 4) is 0 Å². The van der Waals surface area contributed by atoms with Crippen LogP contribution < -0.4 is 10.6 Å². The second-order valence-electron chi connectivity index (χ2n) is 4.63. The van der Waals surface area contributed by atoms with Crippen LogP contribution in [0.2, 0.25) is 0 Å². The molecular formula is C15H24N2O4. The molecule has 6 nitrogen and oxygen atoms in total. The van der Waals surface area contributed by atoms with Gasteiger partial charge in [-0.25, -0.2) is 0 Å². The van der Waals surface area contributed by atoms with E-state index in [4.69, 9.17) is 9.47 Å². The van der Waals surface area contributed by atoms with Gasteiger partial charge in [0.25, 0.3) is 0 Å². The third-order valence-electron chi connectivity index (χ3n) is 2.72. The molecule has 0 saturated heterocycles. The summed E-state index contributed by atoms with van der Waals surface area (Å²) in [5, 5.41) is 15.3. The lowest BCUT2D eigenvalue weighted by Crippen LogP contribution is -2.39. The van der Waals surface area contributed by atoms with Crippen LogP contribution in [0.1, 0.15) is 5.56 Å². The number of ether oxygens (including phenoxy) is 2. The van der Waals surface area contributed by atoms with Crippen molar-refractivity contribution in [2.24, 2.45) is 0 Å². The highest BCUT2D eigenvalue weighted by molar-refractivity contribution is 5.77. The minimum atomic E-state index is -0.638. The van der Waals surface area contributed by atoms with Gasteiger partial charge >= 0.3 is 0 Å². The van der Waals surface area contributed by atoms with Gasteiger partial charge in [0.1, 0.15) is 0 Å². The molecule has 0 radical (unpaired) electrons. The number of benzene rings is 1. The quantitative estimate of drug-likeness (QED) is 0.498. The molecule has 0 spiro atoms. The van der Waals surface area contributed by atoms with Gasteiger partial charge in [0, 0.05) is 20.2 Å². The Kier molecular flexibility index (Phi) is 9.39. The summed E-state index contributed by atoms with van der Waals surface area (Å²) in [6.45, 7) is 2.15. The Morgan fingerprint density at radius 2 is 2.10 bits per heavy atom. The molecule has 6 heteroatoms. The number of hydrogen-bond acceptors (Lipinski definition) is 5. The third kappa shape index (κ3) is 9.14. The van der Waals surface area contributed by atoms with E-state index in [-0.39, 0.29) is 19.1 Å². The van der Waals surface area contributed by atoms with Gasteiger partial charge in [-0.15, -0.1) is 0 Å². The first-order chi connectivity index (χ1) is 10.2. The molecule has 0 aliphatic heterocycles. The predicted octanol–water partition coefficient (Wildman–Crippen LogP) is -0.0837. The summed E-state index contributed by atoms with van der Waals surface area (Å²) in [4.78, 5) is 11.4. The zero-order chi connectivity index (χ0) is 15.3. The van der Waals surface area contributed by atoms with Gasteiger partial charge < -0.3 is 25.2 Å². The van der Waals surface area contributed by atoms with Crippen LogP contribution in [0.25, 0.3) is 0 Å². The summed E-state index contributed by atoms with van der Waals surface area (Å²) < 4.78 is 10.2. The molecule has 0 aliphatic rings. The van der Waals surface area contributed by atoms with Crippen molar-refractivity contribution in [1.29, 1.82) is 0 Å². The summed E-state index contributed by atoms with van der Waals surface area (Å²) in [6, 6.07) is 9.77. The summed E-state index contributed by atoms with van der Waals surface area (Å²) >= 11 is 0. The number of carbonyl (C=O) groups is 1. The smallest absolute Gasteiger partial charge is 0.234 e. The highest BCUT2D eigenvalue weighted by Crippen LogP contribution is 2.00. The standard InChI is InChI=1S/C15H24N2O4/c1-20-8-7-17-15(19)10-16-9-14(18)12-21-11-13-5-3-2-4-6-13/h2-6,14,16,18H,7-12H2,1H3,(H,17,19). The van der Waals surface area contributed by atoms with Crippen molar-refractivity contribution in [2.45, 2.75) is 12.7 Å². The molecule has 1 aromatic carbocycles. The van der Waals surface area contributed by atoms with Crippen LogP contribution in [0.3, 0.4) is 0 Å². The number of aliphatic hydroxyl groups is 1. The van der Waals surface area contributed by atoms with Gasteiger partial charge in [-0.1, -0.05) is 30.3 Å². The fourth-order valence-corrected chi connectivity index (χ4v) is 1.65. The van der Waals surface area contributed by atoms with Crippen LogP contribution in [-0.4, -0.2) is 57.1 Å². The minimum Gasteiger partial charge on any atom is -0.389 e. The van der Waals surface area contributed by atoms with Gasteiger partial charge in [-0.05, 0) is 5.56 Å². The van der Waals surface area contributed by atoms with Gasteiger partial charge in [-0.2, -0.15) is 0 Å². The van der Waals surface area contributed by atoms with Crippen molar-refractivity contribution in [1.82, 2.24) is 10.6 Å². The largest absolute Gasteiger partial charge is 0.389 e. The molecule has 3 N–H and O–H groups in total. The maximum Gasteiger partial charge on any atom is 0.234 e. The Balaban J connectivity index is 2.01. The Labute approximate surface area is 125 Å². The summed E-state index contributed by atoms with van der Waals surface area (Å²) in [7, 11) is 1.58. The molecule has 1 unspecified atom stereocenters. The van der Waals surface area contributed by atoms with E-state index in [9.17, 15) is 9.90 Å². The normalized spacial score (nSPS) is 12.1. The van der Waals surface area contributed by atoms with Crippen LogP contribution in [0.5, 0.6) is 0 Å². The van der Waals surface area contributed by atoms with Crippen LogP contribution >= 0.6 is 0 Å². The van der Waals surface area contributed by atoms with Crippen molar-refractivity contribution in [3.05, 3.63) is 35.9 Å². The zero-order valence-corrected chi connectivity index (χ0v) is 12.4. The first-order valence-corrected chi connectivity index (χ1v) is 6.98. The van der Waals surface area contributed by atoms with Crippen molar-refractivity contribution < 1.29 is 19.4 Å². The monoisotopic (exact) mass is 296 g/mol. The van der Waals surface area contributed by atoms with Crippen molar-refractivity contribution in [3.63, 3.8) is 0 Å². The van der Waals surface area contributed by atoms with Crippen LogP contribution in [0.15, 0.2) is 30.3 Å². The van der Waals surface area contributed by atoms with E-state index >= 15 is 0 Å². The first-order valence-electron chi connectivity index (χ1n) is 6.98. The number of methoxy groups -OCH3 is 1. The molecule has 1 rings (SSSR count). The molecule has 1 aromatic rings. The minimum absolute atomic E-state index is 0.121. The lowest BCUT2D eigenvalue weighted by atomic mass is 10.2. The Morgan fingerprint density at radius 3 is 2.81 bits per heavy atom. The maximum atomic E-state index is 11.4. The van der Waals surface area contributed by atoms with E-state index in [0.29, 0.717) is 26.3 Å². The number of amides is 1. The Morgan fingerprint density at radius 1 is 1.33 bits per heavy atom. The van der Waals surface area contributed by atoms with E-state index in [1.54, 1.807) is 7.11 Å². The molecule has 0 bridgehead atoms. The summed E-state index contributed by atoms with van der Waals surface area (Å²) in [5.74, 6) is -0.121. The van der Waals surface area contributed by atoms with Gasteiger partial charge in [-0.3, -0.25) is 4.79 Å². The fourth-order valence-electron chi connectivity index (χ4n) is 1.65. The molecular weight excluding hydrogens is 272 g/mol.